The Bertz CT molecular complexity index is 217. The molecule has 88 valence electrons. The third kappa shape index (κ3) is 3.11. The van der Waals surface area contributed by atoms with E-state index in [-0.39, 0.29) is 17.9 Å². The van der Waals surface area contributed by atoms with Gasteiger partial charge < -0.3 is 10.6 Å². The third-order valence-electron chi connectivity index (χ3n) is 3.34. The van der Waals surface area contributed by atoms with Gasteiger partial charge in [0.25, 0.3) is 0 Å². The topological polar surface area (TPSA) is 46.3 Å². The molecule has 1 aliphatic rings. The summed E-state index contributed by atoms with van der Waals surface area (Å²) in [5.74, 6) is 2.61. The number of thioether (sulfide) groups is 1. The minimum absolute atomic E-state index is 0.108. The molecule has 0 radical (unpaired) electrons. The summed E-state index contributed by atoms with van der Waals surface area (Å²) in [5.41, 5.74) is 5.94. The van der Waals surface area contributed by atoms with E-state index in [0.717, 1.165) is 18.6 Å². The van der Waals surface area contributed by atoms with E-state index in [1.807, 2.05) is 30.6 Å². The first-order valence-electron chi connectivity index (χ1n) is 5.68. The van der Waals surface area contributed by atoms with Gasteiger partial charge in [-0.2, -0.15) is 11.8 Å². The van der Waals surface area contributed by atoms with E-state index in [1.165, 1.54) is 5.75 Å². The summed E-state index contributed by atoms with van der Waals surface area (Å²) in [5, 5.41) is 0. The Morgan fingerprint density at radius 2 is 2.33 bits per heavy atom. The zero-order valence-corrected chi connectivity index (χ0v) is 10.7. The Kier molecular flexibility index (Phi) is 4.93. The van der Waals surface area contributed by atoms with Gasteiger partial charge in [-0.1, -0.05) is 20.3 Å². The Balaban J connectivity index is 2.50. The molecule has 2 N–H and O–H groups in total. The second-order valence-electron chi connectivity index (χ2n) is 4.38. The van der Waals surface area contributed by atoms with Crippen LogP contribution in [0.4, 0.5) is 0 Å². The lowest BCUT2D eigenvalue weighted by molar-refractivity contribution is -0.134. The third-order valence-corrected chi connectivity index (χ3v) is 4.49. The van der Waals surface area contributed by atoms with E-state index < -0.39 is 0 Å². The zero-order chi connectivity index (χ0) is 11.4. The van der Waals surface area contributed by atoms with Gasteiger partial charge in [0.15, 0.2) is 0 Å². The lowest BCUT2D eigenvalue weighted by atomic mass is 9.98. The normalized spacial score (nSPS) is 24.9. The standard InChI is InChI=1S/C11H22N2OS/c1-4-8(2)10(12)11(14)13(3)9-5-6-15-7-9/h8-10H,4-7,12H2,1-3H3. The molecule has 3 unspecified atom stereocenters. The molecule has 15 heavy (non-hydrogen) atoms. The molecular weight excluding hydrogens is 208 g/mol. The monoisotopic (exact) mass is 230 g/mol. The molecule has 3 nitrogen and oxygen atoms in total. The van der Waals surface area contributed by atoms with Crippen molar-refractivity contribution >= 4 is 17.7 Å². The number of likely N-dealkylation sites (N-methyl/N-ethyl adjacent to an activating group) is 1. The molecule has 0 spiro atoms. The first-order valence-corrected chi connectivity index (χ1v) is 6.83. The van der Waals surface area contributed by atoms with Crippen molar-refractivity contribution in [3.8, 4) is 0 Å². The van der Waals surface area contributed by atoms with Crippen molar-refractivity contribution in [2.24, 2.45) is 11.7 Å². The van der Waals surface area contributed by atoms with E-state index in [4.69, 9.17) is 5.73 Å². The molecule has 1 fully saturated rings. The summed E-state index contributed by atoms with van der Waals surface area (Å²) in [6.45, 7) is 4.11. The van der Waals surface area contributed by atoms with Gasteiger partial charge in [-0.25, -0.2) is 0 Å². The quantitative estimate of drug-likeness (QED) is 0.792. The van der Waals surface area contributed by atoms with Crippen molar-refractivity contribution in [2.75, 3.05) is 18.6 Å². The van der Waals surface area contributed by atoms with Crippen LogP contribution in [0.1, 0.15) is 26.7 Å². The predicted molar refractivity (Wildman–Crippen MR) is 65.9 cm³/mol. The lowest BCUT2D eigenvalue weighted by Gasteiger charge is -2.28. The van der Waals surface area contributed by atoms with Gasteiger partial charge in [0.05, 0.1) is 6.04 Å². The molecule has 0 aromatic rings. The molecule has 3 atom stereocenters. The second kappa shape index (κ2) is 5.75. The van der Waals surface area contributed by atoms with E-state index in [2.05, 4.69) is 6.92 Å². The van der Waals surface area contributed by atoms with Gasteiger partial charge >= 0.3 is 0 Å². The average molecular weight is 230 g/mol. The van der Waals surface area contributed by atoms with Gasteiger partial charge in [-0.3, -0.25) is 4.79 Å². The van der Waals surface area contributed by atoms with Crippen molar-refractivity contribution in [2.45, 2.75) is 38.8 Å². The summed E-state index contributed by atoms with van der Waals surface area (Å²) in [6.07, 6.45) is 2.07. The number of carbonyl (C=O) groups excluding carboxylic acids is 1. The van der Waals surface area contributed by atoms with Crippen LogP contribution in [0.15, 0.2) is 0 Å². The highest BCUT2D eigenvalue weighted by Gasteiger charge is 2.29. The maximum atomic E-state index is 12.0. The Morgan fingerprint density at radius 3 is 2.80 bits per heavy atom. The maximum Gasteiger partial charge on any atom is 0.239 e. The van der Waals surface area contributed by atoms with Crippen molar-refractivity contribution < 1.29 is 4.79 Å². The fraction of sp³-hybridized carbons (Fsp3) is 0.909. The molecule has 0 aromatic carbocycles. The molecule has 1 amide bonds. The van der Waals surface area contributed by atoms with E-state index >= 15 is 0 Å². The van der Waals surface area contributed by atoms with E-state index in [0.29, 0.717) is 6.04 Å². The molecule has 0 saturated carbocycles. The number of carbonyl (C=O) groups is 1. The summed E-state index contributed by atoms with van der Waals surface area (Å²) in [7, 11) is 1.89. The summed E-state index contributed by atoms with van der Waals surface area (Å²) in [6, 6.07) is 0.0724. The minimum atomic E-state index is -0.328. The van der Waals surface area contributed by atoms with Crippen LogP contribution >= 0.6 is 11.8 Å². The van der Waals surface area contributed by atoms with Crippen LogP contribution in [0.25, 0.3) is 0 Å². The first kappa shape index (κ1) is 12.8. The van der Waals surface area contributed by atoms with Crippen LogP contribution in [0.5, 0.6) is 0 Å². The Morgan fingerprint density at radius 1 is 1.67 bits per heavy atom. The van der Waals surface area contributed by atoms with Crippen LogP contribution in [-0.4, -0.2) is 41.4 Å². The molecule has 1 aliphatic heterocycles. The van der Waals surface area contributed by atoms with E-state index in [1.54, 1.807) is 0 Å². The highest BCUT2D eigenvalue weighted by atomic mass is 32.2. The van der Waals surface area contributed by atoms with Crippen LogP contribution in [0, 0.1) is 5.92 Å². The summed E-state index contributed by atoms with van der Waals surface area (Å²) < 4.78 is 0. The van der Waals surface area contributed by atoms with E-state index in [9.17, 15) is 4.79 Å². The van der Waals surface area contributed by atoms with Crippen LogP contribution < -0.4 is 5.73 Å². The highest BCUT2D eigenvalue weighted by Crippen LogP contribution is 2.22. The van der Waals surface area contributed by atoms with Crippen LogP contribution in [0.3, 0.4) is 0 Å². The first-order chi connectivity index (χ1) is 7.07. The van der Waals surface area contributed by atoms with Crippen LogP contribution in [0.2, 0.25) is 0 Å². The molecule has 0 aromatic heterocycles. The fourth-order valence-corrected chi connectivity index (χ4v) is 3.01. The van der Waals surface area contributed by atoms with Crippen molar-refractivity contribution in [3.05, 3.63) is 0 Å². The molecule has 1 heterocycles. The smallest absolute Gasteiger partial charge is 0.239 e. The van der Waals surface area contributed by atoms with Crippen LogP contribution in [-0.2, 0) is 4.79 Å². The second-order valence-corrected chi connectivity index (χ2v) is 5.53. The van der Waals surface area contributed by atoms with Gasteiger partial charge in [-0.15, -0.1) is 0 Å². The average Bonchev–Trinajstić information content (AvgIpc) is 2.78. The molecule has 0 bridgehead atoms. The molecule has 1 saturated heterocycles. The predicted octanol–water partition coefficient (Wildman–Crippen LogP) is 1.32. The fourth-order valence-electron chi connectivity index (χ4n) is 1.74. The zero-order valence-electron chi connectivity index (χ0n) is 9.90. The highest BCUT2D eigenvalue weighted by molar-refractivity contribution is 7.99. The van der Waals surface area contributed by atoms with Crippen molar-refractivity contribution in [3.63, 3.8) is 0 Å². The SMILES string of the molecule is CCC(C)C(N)C(=O)N(C)C1CCSC1. The molecular formula is C11H22N2OS. The summed E-state index contributed by atoms with van der Waals surface area (Å²) >= 11 is 1.92. The molecule has 0 aliphatic carbocycles. The lowest BCUT2D eigenvalue weighted by Crippen LogP contribution is -2.49. The summed E-state index contributed by atoms with van der Waals surface area (Å²) in [4.78, 5) is 13.9. The maximum absolute atomic E-state index is 12.0. The minimum Gasteiger partial charge on any atom is -0.341 e. The molecule has 1 rings (SSSR count). The van der Waals surface area contributed by atoms with Crippen molar-refractivity contribution in [1.82, 2.24) is 4.90 Å². The Hall–Kier alpha value is -0.220. The molecule has 4 heteroatoms. The van der Waals surface area contributed by atoms with Gasteiger partial charge in [0, 0.05) is 18.8 Å². The largest absolute Gasteiger partial charge is 0.341 e. The van der Waals surface area contributed by atoms with Gasteiger partial charge in [0.1, 0.15) is 0 Å². The number of nitrogens with zero attached hydrogens (tertiary/aromatic N) is 1. The number of rotatable bonds is 4. The van der Waals surface area contributed by atoms with Crippen molar-refractivity contribution in [1.29, 1.82) is 0 Å². The number of hydrogen-bond donors (Lipinski definition) is 1. The van der Waals surface area contributed by atoms with Gasteiger partial charge in [0.2, 0.25) is 5.91 Å². The number of nitrogens with two attached hydrogens (primary N) is 1. The number of hydrogen-bond acceptors (Lipinski definition) is 3. The Labute approximate surface area is 96.8 Å². The van der Waals surface area contributed by atoms with Gasteiger partial charge in [-0.05, 0) is 18.1 Å². The number of amides is 1.